The molecule has 0 aromatic carbocycles. The summed E-state index contributed by atoms with van der Waals surface area (Å²) in [5, 5.41) is 18.6. The number of carbonyl (C=O) groups is 2. The standard InChI is InChI=1S/C20H19FN2O2/c1-18(2)15-4-5-20(11-21)8-12(9-22)14(24)6-16(20)19(15,3)7-13(10-23)17(18)25/h6-8,15H,4-5,11H2,1-3H3/t15-,19-,20-/m0/s1. The van der Waals surface area contributed by atoms with Gasteiger partial charge in [0.2, 0.25) is 0 Å². The monoisotopic (exact) mass is 338 g/mol. The van der Waals surface area contributed by atoms with Gasteiger partial charge >= 0.3 is 0 Å². The molecule has 0 aromatic heterocycles. The van der Waals surface area contributed by atoms with Crippen molar-refractivity contribution in [2.75, 3.05) is 6.67 Å². The Labute approximate surface area is 146 Å². The van der Waals surface area contributed by atoms with Gasteiger partial charge in [-0.1, -0.05) is 26.8 Å². The van der Waals surface area contributed by atoms with Gasteiger partial charge in [-0.05, 0) is 36.5 Å². The minimum atomic E-state index is -1.02. The van der Waals surface area contributed by atoms with E-state index in [9.17, 15) is 19.2 Å². The highest BCUT2D eigenvalue weighted by Crippen LogP contribution is 2.63. The van der Waals surface area contributed by atoms with E-state index in [0.717, 1.165) is 0 Å². The van der Waals surface area contributed by atoms with Crippen LogP contribution in [-0.4, -0.2) is 18.2 Å². The summed E-state index contributed by atoms with van der Waals surface area (Å²) in [6.07, 6.45) is 5.44. The van der Waals surface area contributed by atoms with Gasteiger partial charge in [0.05, 0.1) is 11.1 Å². The molecule has 1 fully saturated rings. The van der Waals surface area contributed by atoms with Gasteiger partial charge in [0.1, 0.15) is 18.8 Å². The smallest absolute Gasteiger partial charge is 0.196 e. The Morgan fingerprint density at radius 2 is 1.80 bits per heavy atom. The molecule has 1 saturated carbocycles. The number of allylic oxidation sites excluding steroid dienone is 6. The van der Waals surface area contributed by atoms with E-state index in [2.05, 4.69) is 0 Å². The van der Waals surface area contributed by atoms with Crippen LogP contribution in [0.3, 0.4) is 0 Å². The lowest BCUT2D eigenvalue weighted by Crippen LogP contribution is -2.54. The fourth-order valence-corrected chi connectivity index (χ4v) is 5.07. The topological polar surface area (TPSA) is 81.7 Å². The Hall–Kier alpha value is -2.53. The lowest BCUT2D eigenvalue weighted by molar-refractivity contribution is -0.130. The first-order chi connectivity index (χ1) is 11.7. The number of hydrogen-bond donors (Lipinski definition) is 0. The third-order valence-electron chi connectivity index (χ3n) is 6.31. The minimum Gasteiger partial charge on any atom is -0.293 e. The fourth-order valence-electron chi connectivity index (χ4n) is 5.07. The average Bonchev–Trinajstić information content (AvgIpc) is 2.58. The molecule has 3 rings (SSSR count). The van der Waals surface area contributed by atoms with Crippen LogP contribution < -0.4 is 0 Å². The van der Waals surface area contributed by atoms with E-state index < -0.39 is 28.7 Å². The molecule has 5 heteroatoms. The van der Waals surface area contributed by atoms with Crippen LogP contribution in [0.25, 0.3) is 0 Å². The molecular formula is C20H19FN2O2. The van der Waals surface area contributed by atoms with Crippen molar-refractivity contribution in [3.8, 4) is 12.1 Å². The van der Waals surface area contributed by atoms with Crippen LogP contribution in [0.1, 0.15) is 33.6 Å². The summed E-state index contributed by atoms with van der Waals surface area (Å²) >= 11 is 0. The molecule has 0 unspecified atom stereocenters. The van der Waals surface area contributed by atoms with Crippen molar-refractivity contribution in [1.29, 1.82) is 10.5 Å². The van der Waals surface area contributed by atoms with Gasteiger partial charge in [-0.3, -0.25) is 9.59 Å². The lowest BCUT2D eigenvalue weighted by atomic mass is 9.45. The summed E-state index contributed by atoms with van der Waals surface area (Å²) in [5.41, 5.74) is -1.98. The Kier molecular flexibility index (Phi) is 3.62. The largest absolute Gasteiger partial charge is 0.293 e. The van der Waals surface area contributed by atoms with Crippen LogP contribution in [0, 0.1) is 44.8 Å². The maximum atomic E-state index is 14.2. The number of nitrogens with zero attached hydrogens (tertiary/aromatic N) is 2. The summed E-state index contributed by atoms with van der Waals surface area (Å²) in [4.78, 5) is 24.9. The number of rotatable bonds is 1. The van der Waals surface area contributed by atoms with E-state index in [-0.39, 0.29) is 22.8 Å². The fraction of sp³-hybridized carbons (Fsp3) is 0.500. The molecule has 0 N–H and O–H groups in total. The number of nitriles is 2. The van der Waals surface area contributed by atoms with Crippen molar-refractivity contribution in [3.05, 3.63) is 34.9 Å². The molecule has 3 aliphatic carbocycles. The van der Waals surface area contributed by atoms with E-state index >= 15 is 0 Å². The normalized spacial score (nSPS) is 36.1. The van der Waals surface area contributed by atoms with Crippen LogP contribution in [0.5, 0.6) is 0 Å². The van der Waals surface area contributed by atoms with Crippen molar-refractivity contribution in [1.82, 2.24) is 0 Å². The van der Waals surface area contributed by atoms with Crippen molar-refractivity contribution >= 4 is 11.6 Å². The van der Waals surface area contributed by atoms with Gasteiger partial charge in [0, 0.05) is 16.2 Å². The summed E-state index contributed by atoms with van der Waals surface area (Å²) < 4.78 is 14.2. The number of hydrogen-bond acceptors (Lipinski definition) is 4. The Morgan fingerprint density at radius 3 is 2.36 bits per heavy atom. The van der Waals surface area contributed by atoms with Gasteiger partial charge in [0.15, 0.2) is 11.6 Å². The van der Waals surface area contributed by atoms with Crippen molar-refractivity contribution < 1.29 is 14.0 Å². The Bertz CT molecular complexity index is 865. The summed E-state index contributed by atoms with van der Waals surface area (Å²) in [6.45, 7) is 4.78. The number of carbonyl (C=O) groups excluding carboxylic acids is 2. The van der Waals surface area contributed by atoms with E-state index in [1.54, 1.807) is 6.08 Å². The number of halogens is 1. The second-order valence-corrected chi connectivity index (χ2v) is 7.98. The van der Waals surface area contributed by atoms with Gasteiger partial charge in [0.25, 0.3) is 0 Å². The minimum absolute atomic E-state index is 0.0425. The predicted octanol–water partition coefficient (Wildman–Crippen LogP) is 3.38. The number of Topliss-reactive ketones (excluding diaryl/α,β-unsaturated/α-hetero) is 1. The van der Waals surface area contributed by atoms with E-state index in [1.807, 2.05) is 32.9 Å². The molecule has 0 spiro atoms. The number of ketones is 2. The lowest BCUT2D eigenvalue weighted by Gasteiger charge is -2.57. The molecule has 0 saturated heterocycles. The molecular weight excluding hydrogens is 319 g/mol. The van der Waals surface area contributed by atoms with Crippen LogP contribution in [0.15, 0.2) is 34.9 Å². The van der Waals surface area contributed by atoms with Crippen LogP contribution in [0.2, 0.25) is 0 Å². The SMILES string of the molecule is CC1(C)C(=O)C(C#N)=C[C@]2(C)C3=CC(=O)C(C#N)=C[C@]3(CF)CC[C@@H]12. The zero-order valence-electron chi connectivity index (χ0n) is 14.5. The molecule has 0 aromatic rings. The van der Waals surface area contributed by atoms with Crippen molar-refractivity contribution in [2.45, 2.75) is 33.6 Å². The van der Waals surface area contributed by atoms with Crippen LogP contribution in [-0.2, 0) is 9.59 Å². The van der Waals surface area contributed by atoms with E-state index in [4.69, 9.17) is 5.26 Å². The average molecular weight is 338 g/mol. The van der Waals surface area contributed by atoms with Crippen molar-refractivity contribution in [2.24, 2.45) is 22.2 Å². The quantitative estimate of drug-likeness (QED) is 0.734. The van der Waals surface area contributed by atoms with Gasteiger partial charge in [-0.2, -0.15) is 10.5 Å². The predicted molar refractivity (Wildman–Crippen MR) is 88.5 cm³/mol. The molecule has 3 aliphatic rings. The first-order valence-corrected chi connectivity index (χ1v) is 8.30. The Balaban J connectivity index is 2.28. The highest BCUT2D eigenvalue weighted by atomic mass is 19.1. The zero-order chi connectivity index (χ0) is 18.6. The number of fused-ring (bicyclic) bond motifs is 3. The molecule has 0 amide bonds. The summed E-state index contributed by atoms with van der Waals surface area (Å²) in [7, 11) is 0. The number of alkyl halides is 1. The maximum Gasteiger partial charge on any atom is 0.196 e. The van der Waals surface area contributed by atoms with E-state index in [1.165, 1.54) is 12.2 Å². The highest BCUT2D eigenvalue weighted by molar-refractivity contribution is 6.09. The van der Waals surface area contributed by atoms with Crippen LogP contribution in [0.4, 0.5) is 4.39 Å². The van der Waals surface area contributed by atoms with Gasteiger partial charge < -0.3 is 0 Å². The molecule has 0 radical (unpaired) electrons. The third kappa shape index (κ3) is 2.09. The molecule has 0 aliphatic heterocycles. The maximum absolute atomic E-state index is 14.2. The summed E-state index contributed by atoms with van der Waals surface area (Å²) in [6, 6.07) is 3.81. The second kappa shape index (κ2) is 5.23. The first-order valence-electron chi connectivity index (χ1n) is 8.30. The molecule has 4 nitrogen and oxygen atoms in total. The molecule has 128 valence electrons. The molecule has 0 bridgehead atoms. The molecule has 25 heavy (non-hydrogen) atoms. The Morgan fingerprint density at radius 1 is 1.16 bits per heavy atom. The summed E-state index contributed by atoms with van der Waals surface area (Å²) in [5.74, 6) is -0.786. The highest BCUT2D eigenvalue weighted by Gasteiger charge is 2.59. The second-order valence-electron chi connectivity index (χ2n) is 7.98. The zero-order valence-corrected chi connectivity index (χ0v) is 14.5. The van der Waals surface area contributed by atoms with Gasteiger partial charge in [-0.25, -0.2) is 4.39 Å². The molecule has 3 atom stereocenters. The first kappa shape index (κ1) is 17.3. The van der Waals surface area contributed by atoms with Crippen LogP contribution >= 0.6 is 0 Å². The third-order valence-corrected chi connectivity index (χ3v) is 6.31. The molecule has 0 heterocycles. The van der Waals surface area contributed by atoms with Crippen molar-refractivity contribution in [3.63, 3.8) is 0 Å². The van der Waals surface area contributed by atoms with Gasteiger partial charge in [-0.15, -0.1) is 0 Å². The van der Waals surface area contributed by atoms with E-state index in [0.29, 0.717) is 18.4 Å².